The highest BCUT2D eigenvalue weighted by atomic mass is 32.2. The summed E-state index contributed by atoms with van der Waals surface area (Å²) in [4.78, 5) is 0.591. The third-order valence-corrected chi connectivity index (χ3v) is 4.22. The highest BCUT2D eigenvalue weighted by molar-refractivity contribution is 7.99. The standard InChI is InChI=1S/C16H20F3N3S/c1-15(2,3)22-10-12(9-21-22)8-20-13-6-4-5-7-14(13)23-11-16(17,18)19/h4-7,9-10,20H,8,11H2,1-3H3. The predicted molar refractivity (Wildman–Crippen MR) is 87.8 cm³/mol. The molecule has 0 fully saturated rings. The van der Waals surface area contributed by atoms with Crippen LogP contribution in [-0.2, 0) is 12.1 Å². The smallest absolute Gasteiger partial charge is 0.380 e. The molecule has 1 N–H and O–H groups in total. The Bertz CT molecular complexity index is 645. The van der Waals surface area contributed by atoms with Crippen LogP contribution in [0.25, 0.3) is 0 Å². The molecule has 0 aliphatic heterocycles. The van der Waals surface area contributed by atoms with E-state index in [0.717, 1.165) is 17.3 Å². The van der Waals surface area contributed by atoms with Gasteiger partial charge in [-0.1, -0.05) is 12.1 Å². The Balaban J connectivity index is 2.02. The Morgan fingerprint density at radius 3 is 2.48 bits per heavy atom. The molecule has 0 aliphatic rings. The lowest BCUT2D eigenvalue weighted by atomic mass is 10.1. The van der Waals surface area contributed by atoms with Gasteiger partial charge in [0, 0.05) is 28.9 Å². The molecule has 1 aromatic heterocycles. The Morgan fingerprint density at radius 1 is 1.17 bits per heavy atom. The molecule has 23 heavy (non-hydrogen) atoms. The van der Waals surface area contributed by atoms with E-state index in [-0.39, 0.29) is 5.54 Å². The topological polar surface area (TPSA) is 29.9 Å². The Morgan fingerprint density at radius 2 is 1.87 bits per heavy atom. The van der Waals surface area contributed by atoms with Gasteiger partial charge in [0.1, 0.15) is 0 Å². The predicted octanol–water partition coefficient (Wildman–Crippen LogP) is 4.90. The molecule has 0 saturated carbocycles. The number of hydrogen-bond donors (Lipinski definition) is 1. The van der Waals surface area contributed by atoms with E-state index >= 15 is 0 Å². The van der Waals surface area contributed by atoms with Crippen molar-refractivity contribution in [3.63, 3.8) is 0 Å². The SMILES string of the molecule is CC(C)(C)n1cc(CNc2ccccc2SCC(F)(F)F)cn1. The molecule has 0 unspecified atom stereocenters. The van der Waals surface area contributed by atoms with Crippen LogP contribution in [-0.4, -0.2) is 21.7 Å². The minimum atomic E-state index is -4.17. The van der Waals surface area contributed by atoms with Crippen molar-refractivity contribution in [1.29, 1.82) is 0 Å². The molecular formula is C16H20F3N3S. The zero-order valence-electron chi connectivity index (χ0n) is 13.3. The number of hydrogen-bond acceptors (Lipinski definition) is 3. The van der Waals surface area contributed by atoms with Crippen LogP contribution in [0, 0.1) is 0 Å². The number of nitrogens with zero attached hydrogens (tertiary/aromatic N) is 2. The van der Waals surface area contributed by atoms with E-state index in [1.165, 1.54) is 0 Å². The fourth-order valence-electron chi connectivity index (χ4n) is 1.91. The average Bonchev–Trinajstić information content (AvgIpc) is 2.92. The molecule has 3 nitrogen and oxygen atoms in total. The third-order valence-electron chi connectivity index (χ3n) is 3.08. The van der Waals surface area contributed by atoms with Gasteiger partial charge in [-0.25, -0.2) is 0 Å². The number of alkyl halides is 3. The Labute approximate surface area is 138 Å². The molecule has 7 heteroatoms. The molecule has 2 aromatic rings. The van der Waals surface area contributed by atoms with Gasteiger partial charge in [0.15, 0.2) is 0 Å². The summed E-state index contributed by atoms with van der Waals surface area (Å²) < 4.78 is 39.0. The first-order valence-corrected chi connectivity index (χ1v) is 8.20. The van der Waals surface area contributed by atoms with E-state index < -0.39 is 11.9 Å². The quantitative estimate of drug-likeness (QED) is 0.783. The lowest BCUT2D eigenvalue weighted by molar-refractivity contribution is -0.105. The lowest BCUT2D eigenvalue weighted by Gasteiger charge is -2.18. The number of anilines is 1. The summed E-state index contributed by atoms with van der Waals surface area (Å²) in [7, 11) is 0. The summed E-state index contributed by atoms with van der Waals surface area (Å²) in [5, 5.41) is 7.50. The van der Waals surface area contributed by atoms with Crippen molar-refractivity contribution < 1.29 is 13.2 Å². The highest BCUT2D eigenvalue weighted by Crippen LogP contribution is 2.32. The fraction of sp³-hybridized carbons (Fsp3) is 0.438. The van der Waals surface area contributed by atoms with E-state index in [1.54, 1.807) is 30.5 Å². The van der Waals surface area contributed by atoms with Crippen LogP contribution in [0.2, 0.25) is 0 Å². The molecule has 126 valence electrons. The van der Waals surface area contributed by atoms with Gasteiger partial charge in [0.05, 0.1) is 17.5 Å². The van der Waals surface area contributed by atoms with Gasteiger partial charge in [-0.3, -0.25) is 4.68 Å². The van der Waals surface area contributed by atoms with Crippen LogP contribution in [0.15, 0.2) is 41.6 Å². The number of rotatable bonds is 5. The van der Waals surface area contributed by atoms with E-state index in [0.29, 0.717) is 17.1 Å². The maximum Gasteiger partial charge on any atom is 0.398 e. The molecule has 0 spiro atoms. The summed E-state index contributed by atoms with van der Waals surface area (Å²) in [5.74, 6) is -0.895. The molecule has 0 atom stereocenters. The number of aromatic nitrogens is 2. The van der Waals surface area contributed by atoms with Crippen molar-refractivity contribution >= 4 is 17.4 Å². The van der Waals surface area contributed by atoms with Crippen molar-refractivity contribution in [2.45, 2.75) is 43.9 Å². The first-order chi connectivity index (χ1) is 10.6. The first-order valence-electron chi connectivity index (χ1n) is 7.22. The molecule has 0 saturated heterocycles. The monoisotopic (exact) mass is 343 g/mol. The zero-order valence-corrected chi connectivity index (χ0v) is 14.1. The van der Waals surface area contributed by atoms with Crippen LogP contribution in [0.1, 0.15) is 26.3 Å². The third kappa shape index (κ3) is 5.49. The van der Waals surface area contributed by atoms with Crippen LogP contribution in [0.3, 0.4) is 0 Å². The number of benzene rings is 1. The molecule has 0 amide bonds. The fourth-order valence-corrected chi connectivity index (χ4v) is 2.70. The minimum Gasteiger partial charge on any atom is -0.380 e. The van der Waals surface area contributed by atoms with E-state index in [1.807, 2.05) is 10.9 Å². The van der Waals surface area contributed by atoms with Gasteiger partial charge in [0.25, 0.3) is 0 Å². The maximum absolute atomic E-state index is 12.4. The van der Waals surface area contributed by atoms with E-state index in [4.69, 9.17) is 0 Å². The molecule has 2 rings (SSSR count). The molecule has 0 radical (unpaired) electrons. The number of nitrogens with one attached hydrogen (secondary N) is 1. The second-order valence-corrected chi connectivity index (χ2v) is 7.23. The summed E-state index contributed by atoms with van der Waals surface area (Å²) in [5.41, 5.74) is 1.58. The van der Waals surface area contributed by atoms with Crippen LogP contribution in [0.4, 0.5) is 18.9 Å². The highest BCUT2D eigenvalue weighted by Gasteiger charge is 2.27. The number of para-hydroxylation sites is 1. The number of thioether (sulfide) groups is 1. The van der Waals surface area contributed by atoms with Gasteiger partial charge in [0.2, 0.25) is 0 Å². The van der Waals surface area contributed by atoms with Crippen molar-refractivity contribution in [2.24, 2.45) is 0 Å². The van der Waals surface area contributed by atoms with Gasteiger partial charge < -0.3 is 5.32 Å². The van der Waals surface area contributed by atoms with E-state index in [2.05, 4.69) is 31.2 Å². The molecule has 0 aliphatic carbocycles. The molecule has 1 heterocycles. The summed E-state index contributed by atoms with van der Waals surface area (Å²) in [6, 6.07) is 7.02. The minimum absolute atomic E-state index is 0.0985. The van der Waals surface area contributed by atoms with Crippen molar-refractivity contribution in [3.8, 4) is 0 Å². The van der Waals surface area contributed by atoms with Crippen LogP contribution < -0.4 is 5.32 Å². The average molecular weight is 343 g/mol. The largest absolute Gasteiger partial charge is 0.398 e. The maximum atomic E-state index is 12.4. The van der Waals surface area contributed by atoms with Gasteiger partial charge >= 0.3 is 6.18 Å². The second kappa shape index (κ2) is 6.86. The van der Waals surface area contributed by atoms with Crippen molar-refractivity contribution in [2.75, 3.05) is 11.1 Å². The van der Waals surface area contributed by atoms with Gasteiger partial charge in [-0.15, -0.1) is 11.8 Å². The first kappa shape index (κ1) is 17.7. The molecular weight excluding hydrogens is 323 g/mol. The second-order valence-electron chi connectivity index (χ2n) is 6.22. The Hall–Kier alpha value is -1.63. The normalized spacial score (nSPS) is 12.4. The van der Waals surface area contributed by atoms with Gasteiger partial charge in [-0.05, 0) is 32.9 Å². The molecule has 0 bridgehead atoms. The molecule has 1 aromatic carbocycles. The van der Waals surface area contributed by atoms with Crippen LogP contribution in [0.5, 0.6) is 0 Å². The summed E-state index contributed by atoms with van der Waals surface area (Å²) in [6.07, 6.45) is -0.464. The zero-order chi connectivity index (χ0) is 17.1. The summed E-state index contributed by atoms with van der Waals surface area (Å²) >= 11 is 0.790. The Kier molecular flexibility index (Phi) is 5.29. The van der Waals surface area contributed by atoms with Crippen LogP contribution >= 0.6 is 11.8 Å². The summed E-state index contributed by atoms with van der Waals surface area (Å²) in [6.45, 7) is 6.68. The van der Waals surface area contributed by atoms with Gasteiger partial charge in [-0.2, -0.15) is 18.3 Å². The van der Waals surface area contributed by atoms with Crippen molar-refractivity contribution in [1.82, 2.24) is 9.78 Å². The number of halogens is 3. The van der Waals surface area contributed by atoms with Crippen molar-refractivity contribution in [3.05, 3.63) is 42.2 Å². The lowest BCUT2D eigenvalue weighted by Crippen LogP contribution is -2.21. The van der Waals surface area contributed by atoms with E-state index in [9.17, 15) is 13.2 Å².